The van der Waals surface area contributed by atoms with Crippen molar-refractivity contribution in [2.45, 2.75) is 108 Å². The number of benzene rings is 1. The van der Waals surface area contributed by atoms with Crippen LogP contribution in [0.25, 0.3) is 54.5 Å². The van der Waals surface area contributed by atoms with Crippen LogP contribution < -0.4 is 33.5 Å². The standard InChI is InChI=1S/2C11H12N2O5S2.2C11H12N2O3S2.C9H8N2O5S2.C9H10N2O2S2.C7H5ClO3.C4H6O3.H2O4S/c2*1-4-18-10(15)8-7-6(9(14)13-5(2)12-7)11(19-8)20(3,16)17;2*1-4-16-10(15)8-7-6(11(17-3)18-8)9(14)13-5(2)12-7;1-3-10-5-4(7(12)11-3)9(18(2,15)16)17-6(5)8(13)14;1-3-13-8(12)7-6(11)5(4-10)9(14-2)15-7;8-6-3-1-2-5(4-6)7(9)11-10;1-3(5)7-4(2)6;1-5(2,3)4/h2*4H2,1-3H3,(H,12,13,14);2*4H2,1-3H3,(H,12,13,14);1-2H3,(H,13,14)(H,10,11,12);3,11H2,1-2H3;1-4,10H;1-2H3;(H2,1,2,3,4). The number of carbonyl (C=O) groups excluding carboxylic acids is 8. The molecule has 1 aromatic carbocycles. The van der Waals surface area contributed by atoms with Gasteiger partial charge in [0.15, 0.2) is 29.5 Å². The molecule has 0 unspecified atom stereocenters. The molecular weight excluding hydrogens is 2030 g/mol. The van der Waals surface area contributed by atoms with Crippen LogP contribution in [0.3, 0.4) is 0 Å². The highest BCUT2D eigenvalue weighted by Gasteiger charge is 2.32. The van der Waals surface area contributed by atoms with E-state index in [9.17, 15) is 92.4 Å². The number of nitrogens with two attached hydrogens (primary N) is 1. The number of sulfone groups is 3. The minimum Gasteiger partial charge on any atom is -0.477 e. The van der Waals surface area contributed by atoms with Crippen molar-refractivity contribution < 1.29 is 130 Å². The number of thioether (sulfide) groups is 3. The smallest absolute Gasteiger partial charge is 0.394 e. The molecule has 11 heterocycles. The molecule has 0 fully saturated rings. The van der Waals surface area contributed by atoms with Gasteiger partial charge in [-0.2, -0.15) is 18.9 Å². The van der Waals surface area contributed by atoms with Gasteiger partial charge < -0.3 is 64.2 Å². The topological polar surface area (TPSA) is 714 Å². The second kappa shape index (κ2) is 50.1. The van der Waals surface area contributed by atoms with E-state index in [2.05, 4.69) is 59.5 Å². The van der Waals surface area contributed by atoms with E-state index in [1.807, 2.05) is 24.8 Å². The predicted octanol–water partition coefficient (Wildman–Crippen LogP) is 10.0. The number of thiophene rings is 6. The summed E-state index contributed by atoms with van der Waals surface area (Å²) in [6.07, 6.45) is 8.43. The zero-order valence-electron chi connectivity index (χ0n) is 71.9. The molecule has 714 valence electrons. The molecule has 0 saturated heterocycles. The number of rotatable bonds is 18. The number of halogens is 1. The number of anilines is 1. The number of esters is 7. The van der Waals surface area contributed by atoms with E-state index < -0.39 is 110 Å². The summed E-state index contributed by atoms with van der Waals surface area (Å²) >= 11 is 15.5. The number of aromatic nitrogens is 10. The molecule has 0 aliphatic heterocycles. The number of nitriles is 1. The second-order valence-corrected chi connectivity index (χ2v) is 42.2. The molecule has 0 bridgehead atoms. The maximum absolute atomic E-state index is 12.0. The average Bonchev–Trinajstić information content (AvgIpc) is 1.62. The Morgan fingerprint density at radius 3 is 0.939 bits per heavy atom. The van der Waals surface area contributed by atoms with E-state index in [0.717, 1.165) is 31.4 Å². The number of fused-ring (bicyclic) bond motifs is 5. The summed E-state index contributed by atoms with van der Waals surface area (Å²) in [7, 11) is -15.6. The second-order valence-electron chi connectivity index (χ2n) is 24.8. The van der Waals surface area contributed by atoms with E-state index in [1.165, 1.54) is 102 Å². The zero-order chi connectivity index (χ0) is 100. The fourth-order valence-electron chi connectivity index (χ4n) is 10.1. The van der Waals surface area contributed by atoms with Crippen molar-refractivity contribution in [2.24, 2.45) is 0 Å². The van der Waals surface area contributed by atoms with Crippen LogP contribution in [0.15, 0.2) is 73.5 Å². The lowest BCUT2D eigenvalue weighted by atomic mass is 10.2. The van der Waals surface area contributed by atoms with Crippen LogP contribution in [-0.4, -0.2) is 227 Å². The first kappa shape index (κ1) is 113. The van der Waals surface area contributed by atoms with Crippen molar-refractivity contribution in [2.75, 3.05) is 76.3 Å². The lowest BCUT2D eigenvalue weighted by Gasteiger charge is -1.99. The Kier molecular flexibility index (Phi) is 43.0. The van der Waals surface area contributed by atoms with Crippen LogP contribution in [0.1, 0.15) is 152 Å². The number of aromatic carboxylic acids is 1. The van der Waals surface area contributed by atoms with E-state index in [0.29, 0.717) is 124 Å². The minimum absolute atomic E-state index is 0.0245. The number of nitrogen functional groups attached to an aromatic ring is 1. The number of nitrogens with zero attached hydrogens (tertiary/aromatic N) is 6. The maximum atomic E-state index is 12.0. The summed E-state index contributed by atoms with van der Waals surface area (Å²) in [4.78, 5) is 197. The van der Waals surface area contributed by atoms with Gasteiger partial charge >= 0.3 is 64.1 Å². The minimum atomic E-state index is -4.67. The van der Waals surface area contributed by atoms with Gasteiger partial charge in [-0.25, -0.2) is 83.7 Å². The van der Waals surface area contributed by atoms with E-state index >= 15 is 0 Å². The quantitative estimate of drug-likeness (QED) is 0.00726. The Morgan fingerprint density at radius 1 is 0.447 bits per heavy atom. The number of carboxylic acids is 1. The molecule has 11 aromatic heterocycles. The molecule has 12 aromatic rings. The molecular formula is C73H79ClN12O33S13. The van der Waals surface area contributed by atoms with Crippen LogP contribution in [-0.2, 0) is 82.8 Å². The van der Waals surface area contributed by atoms with E-state index in [4.69, 9.17) is 74.2 Å². The van der Waals surface area contributed by atoms with Crippen LogP contribution >= 0.6 is 115 Å². The number of nitrogens with one attached hydrogen (secondary N) is 5. The number of ether oxygens (including phenoxy) is 6. The molecule has 0 amide bonds. The molecule has 132 heavy (non-hydrogen) atoms. The number of carbonyl (C=O) groups is 9. The van der Waals surface area contributed by atoms with Gasteiger partial charge in [0.25, 0.3) is 27.8 Å². The third-order valence-corrected chi connectivity index (χ3v) is 30.9. The van der Waals surface area contributed by atoms with E-state index in [-0.39, 0.29) is 101 Å². The molecule has 12 rings (SSSR count). The molecule has 0 radical (unpaired) electrons. The van der Waals surface area contributed by atoms with Gasteiger partial charge in [0.1, 0.15) is 110 Å². The number of hydrogen-bond acceptors (Lipinski definition) is 46. The van der Waals surface area contributed by atoms with Gasteiger partial charge in [-0.05, 0) is 106 Å². The molecule has 0 spiro atoms. The summed E-state index contributed by atoms with van der Waals surface area (Å²) in [5.41, 5.74) is 5.18. The number of aromatic amines is 5. The molecule has 45 nitrogen and oxygen atoms in total. The van der Waals surface area contributed by atoms with Crippen molar-refractivity contribution in [3.63, 3.8) is 0 Å². The van der Waals surface area contributed by atoms with Gasteiger partial charge in [0.05, 0.1) is 83.8 Å². The first-order valence-corrected chi connectivity index (χ1v) is 52.2. The summed E-state index contributed by atoms with van der Waals surface area (Å²) < 4.78 is 132. The van der Waals surface area contributed by atoms with Crippen LogP contribution in [0.2, 0.25) is 5.02 Å². The summed E-state index contributed by atoms with van der Waals surface area (Å²) in [6, 6.07) is 8.09. The third kappa shape index (κ3) is 31.2. The van der Waals surface area contributed by atoms with Crippen molar-refractivity contribution in [3.8, 4) is 6.07 Å². The Morgan fingerprint density at radius 2 is 0.705 bits per heavy atom. The summed E-state index contributed by atoms with van der Waals surface area (Å²) in [5.74, 6) is -4.13. The van der Waals surface area contributed by atoms with Crippen molar-refractivity contribution >= 4 is 269 Å². The number of aryl methyl sites for hydroxylation is 5. The third-order valence-electron chi connectivity index (χ3n) is 14.8. The van der Waals surface area contributed by atoms with Crippen molar-refractivity contribution in [1.82, 2.24) is 49.8 Å². The SMILES string of the molecule is CC(=O)OC(C)=O.CCOC(=O)c1sc(S(C)(=O)=O)c2c(=O)[nH]c(C)nc12.CCOC(=O)c1sc(S(C)(=O)=O)c2c(=O)[nH]c(C)nc12.CCOC(=O)c1sc(SC)c(C#N)c1N.CCOC(=O)c1sc(SC)c2c(=O)[nH]c(C)nc12.CCOC(=O)c1sc(SC)c2c(=O)[nH]c(C)nc12.Cc1nc2c(C(=O)O)sc(S(C)(=O)=O)c2c(=O)[nH]1.O=C(OO)c1cccc(Cl)c1.O=S(=O)(O)O. The Bertz CT molecular complexity index is 7000. The lowest BCUT2D eigenvalue weighted by Crippen LogP contribution is -2.12. The first-order chi connectivity index (χ1) is 61.4. The van der Waals surface area contributed by atoms with Gasteiger partial charge in [-0.3, -0.25) is 47.6 Å². The van der Waals surface area contributed by atoms with Crippen LogP contribution in [0.4, 0.5) is 5.69 Å². The van der Waals surface area contributed by atoms with Gasteiger partial charge in [-0.15, -0.1) is 103 Å². The fraction of sp³-hybridized carbons (Fsp3) is 0.315. The maximum Gasteiger partial charge on any atom is 0.394 e. The van der Waals surface area contributed by atoms with Gasteiger partial charge in [-0.1, -0.05) is 17.7 Å². The monoisotopic (exact) mass is 2100 g/mol. The summed E-state index contributed by atoms with van der Waals surface area (Å²) in [6.45, 7) is 20.0. The number of carboxylic acid groups (broad SMARTS) is 1. The highest BCUT2D eigenvalue weighted by molar-refractivity contribution is 8.01. The van der Waals surface area contributed by atoms with Crippen molar-refractivity contribution in [1.29, 1.82) is 5.26 Å². The number of H-pyrrole nitrogens is 5. The first-order valence-electron chi connectivity index (χ1n) is 36.2. The predicted molar refractivity (Wildman–Crippen MR) is 496 cm³/mol. The number of hydrogen-bond donors (Lipinski definition) is 10. The highest BCUT2D eigenvalue weighted by Crippen LogP contribution is 2.40. The summed E-state index contributed by atoms with van der Waals surface area (Å²) in [5, 5.41) is 26.9. The normalized spacial score (nSPS) is 10.9. The molecule has 0 saturated carbocycles. The fourth-order valence-corrected chi connectivity index (χ4v) is 22.5. The van der Waals surface area contributed by atoms with Crippen LogP contribution in [0, 0.1) is 45.9 Å². The average molecular weight is 2100 g/mol. The largest absolute Gasteiger partial charge is 0.477 e. The zero-order valence-corrected chi connectivity index (χ0v) is 83.3. The van der Waals surface area contributed by atoms with Crippen LogP contribution in [0.5, 0.6) is 0 Å². The lowest BCUT2D eigenvalue weighted by molar-refractivity contribution is -0.182. The Labute approximate surface area is 788 Å². The van der Waals surface area contributed by atoms with Gasteiger partial charge in [0.2, 0.25) is 0 Å². The van der Waals surface area contributed by atoms with Crippen molar-refractivity contribution in [3.05, 3.63) is 151 Å². The van der Waals surface area contributed by atoms with E-state index in [1.54, 1.807) is 74.4 Å². The molecule has 0 aliphatic rings. The Hall–Kier alpha value is -11.1. The molecule has 11 N–H and O–H groups in total. The Balaban J connectivity index is 0.000000317. The molecule has 59 heteroatoms. The van der Waals surface area contributed by atoms with Gasteiger partial charge in [0, 0.05) is 37.6 Å². The molecule has 0 atom stereocenters. The molecule has 0 aliphatic carbocycles. The highest BCUT2D eigenvalue weighted by atomic mass is 35.5.